The van der Waals surface area contributed by atoms with Crippen LogP contribution in [-0.2, 0) is 11.2 Å². The van der Waals surface area contributed by atoms with E-state index in [0.717, 1.165) is 34.6 Å². The van der Waals surface area contributed by atoms with Crippen LogP contribution >= 0.6 is 23.4 Å². The third-order valence-electron chi connectivity index (χ3n) is 3.86. The molecule has 7 heteroatoms. The molecule has 0 radical (unpaired) electrons. The van der Waals surface area contributed by atoms with Crippen LogP contribution in [0.2, 0.25) is 5.02 Å². The SMILES string of the molecule is CCCc1nc(SCC(=O)Nc2cc(Cl)ccc2OC)c2ccccc2n1. The lowest BCUT2D eigenvalue weighted by Crippen LogP contribution is -2.15. The maximum atomic E-state index is 12.4. The summed E-state index contributed by atoms with van der Waals surface area (Å²) in [5, 5.41) is 5.15. The van der Waals surface area contributed by atoms with Crippen molar-refractivity contribution in [3.63, 3.8) is 0 Å². The number of hydrogen-bond acceptors (Lipinski definition) is 5. The van der Waals surface area contributed by atoms with Gasteiger partial charge in [0.05, 0.1) is 24.1 Å². The van der Waals surface area contributed by atoms with Crippen molar-refractivity contribution in [2.24, 2.45) is 0 Å². The number of thioether (sulfide) groups is 1. The highest BCUT2D eigenvalue weighted by molar-refractivity contribution is 8.00. The van der Waals surface area contributed by atoms with E-state index >= 15 is 0 Å². The number of halogens is 1. The molecule has 1 N–H and O–H groups in total. The predicted molar refractivity (Wildman–Crippen MR) is 111 cm³/mol. The van der Waals surface area contributed by atoms with E-state index in [4.69, 9.17) is 16.3 Å². The average molecular weight is 402 g/mol. The summed E-state index contributed by atoms with van der Waals surface area (Å²) < 4.78 is 5.26. The first-order chi connectivity index (χ1) is 13.1. The van der Waals surface area contributed by atoms with E-state index in [2.05, 4.69) is 22.2 Å². The van der Waals surface area contributed by atoms with Crippen molar-refractivity contribution >= 4 is 45.9 Å². The van der Waals surface area contributed by atoms with Crippen LogP contribution in [0.4, 0.5) is 5.69 Å². The second-order valence-electron chi connectivity index (χ2n) is 5.89. The number of methoxy groups -OCH3 is 1. The highest BCUT2D eigenvalue weighted by Crippen LogP contribution is 2.29. The number of carbonyl (C=O) groups is 1. The number of aryl methyl sites for hydroxylation is 1. The van der Waals surface area contributed by atoms with Crippen LogP contribution in [0.5, 0.6) is 5.75 Å². The molecule has 0 spiro atoms. The van der Waals surface area contributed by atoms with E-state index in [1.807, 2.05) is 24.3 Å². The number of benzene rings is 2. The van der Waals surface area contributed by atoms with Crippen LogP contribution in [-0.4, -0.2) is 28.7 Å². The van der Waals surface area contributed by atoms with Crippen LogP contribution in [0.25, 0.3) is 10.9 Å². The maximum absolute atomic E-state index is 12.4. The molecule has 0 atom stereocenters. The predicted octanol–water partition coefficient (Wildman–Crippen LogP) is 4.98. The fourth-order valence-electron chi connectivity index (χ4n) is 2.64. The van der Waals surface area contributed by atoms with Crippen molar-refractivity contribution < 1.29 is 9.53 Å². The van der Waals surface area contributed by atoms with Crippen LogP contribution in [0.3, 0.4) is 0 Å². The summed E-state index contributed by atoms with van der Waals surface area (Å²) in [6.07, 6.45) is 1.78. The lowest BCUT2D eigenvalue weighted by Gasteiger charge is -2.11. The summed E-state index contributed by atoms with van der Waals surface area (Å²) >= 11 is 7.41. The number of fused-ring (bicyclic) bond motifs is 1. The molecule has 0 aliphatic carbocycles. The molecule has 2 aromatic carbocycles. The summed E-state index contributed by atoms with van der Waals surface area (Å²) in [5.74, 6) is 1.44. The Labute approximate surface area is 167 Å². The lowest BCUT2D eigenvalue weighted by molar-refractivity contribution is -0.113. The van der Waals surface area contributed by atoms with Gasteiger partial charge in [-0.3, -0.25) is 4.79 Å². The Morgan fingerprint density at radius 2 is 2.04 bits per heavy atom. The number of rotatable bonds is 7. The van der Waals surface area contributed by atoms with E-state index in [0.29, 0.717) is 16.5 Å². The van der Waals surface area contributed by atoms with Crippen LogP contribution in [0.15, 0.2) is 47.5 Å². The second kappa shape index (κ2) is 9.06. The molecule has 0 aliphatic rings. The fraction of sp³-hybridized carbons (Fsp3) is 0.250. The Hall–Kier alpha value is -2.31. The van der Waals surface area contributed by atoms with Crippen LogP contribution in [0.1, 0.15) is 19.2 Å². The second-order valence-corrected chi connectivity index (χ2v) is 7.29. The maximum Gasteiger partial charge on any atom is 0.234 e. The van der Waals surface area contributed by atoms with Crippen LogP contribution in [0, 0.1) is 0 Å². The standard InChI is InChI=1S/C20H20ClN3O2S/c1-3-6-18-22-15-8-5-4-7-14(15)20(24-18)27-12-19(25)23-16-11-13(21)9-10-17(16)26-2/h4-5,7-11H,3,6,12H2,1-2H3,(H,23,25). The topological polar surface area (TPSA) is 64.1 Å². The number of nitrogens with zero attached hydrogens (tertiary/aromatic N) is 2. The van der Waals surface area contributed by atoms with Crippen molar-refractivity contribution in [1.82, 2.24) is 9.97 Å². The molecule has 1 amide bonds. The number of aromatic nitrogens is 2. The largest absolute Gasteiger partial charge is 0.495 e. The lowest BCUT2D eigenvalue weighted by atomic mass is 10.2. The van der Waals surface area contributed by atoms with Gasteiger partial charge in [-0.15, -0.1) is 0 Å². The average Bonchev–Trinajstić information content (AvgIpc) is 2.66. The molecule has 0 saturated carbocycles. The van der Waals surface area contributed by atoms with Gasteiger partial charge in [-0.1, -0.05) is 48.5 Å². The molecule has 0 bridgehead atoms. The van der Waals surface area contributed by atoms with Crippen molar-refractivity contribution in [1.29, 1.82) is 0 Å². The number of anilines is 1. The van der Waals surface area contributed by atoms with E-state index in [1.165, 1.54) is 11.8 Å². The minimum Gasteiger partial charge on any atom is -0.495 e. The summed E-state index contributed by atoms with van der Waals surface area (Å²) in [5.41, 5.74) is 1.45. The van der Waals surface area contributed by atoms with Gasteiger partial charge < -0.3 is 10.1 Å². The first-order valence-corrected chi connectivity index (χ1v) is 9.99. The van der Waals surface area contributed by atoms with Gasteiger partial charge in [0, 0.05) is 16.8 Å². The summed E-state index contributed by atoms with van der Waals surface area (Å²) in [7, 11) is 1.55. The molecule has 0 unspecified atom stereocenters. The first kappa shape index (κ1) is 19.5. The van der Waals surface area contributed by atoms with Crippen molar-refractivity contribution in [2.45, 2.75) is 24.8 Å². The summed E-state index contributed by atoms with van der Waals surface area (Å²) in [6, 6.07) is 13.0. The van der Waals surface area contributed by atoms with Crippen molar-refractivity contribution in [2.75, 3.05) is 18.2 Å². The van der Waals surface area contributed by atoms with Gasteiger partial charge in [-0.05, 0) is 30.7 Å². The third kappa shape index (κ3) is 4.90. The zero-order valence-electron chi connectivity index (χ0n) is 15.2. The molecule has 5 nitrogen and oxygen atoms in total. The monoisotopic (exact) mass is 401 g/mol. The number of ether oxygens (including phenoxy) is 1. The zero-order valence-corrected chi connectivity index (χ0v) is 16.7. The minimum absolute atomic E-state index is 0.152. The fourth-order valence-corrected chi connectivity index (χ4v) is 3.65. The zero-order chi connectivity index (χ0) is 19.2. The van der Waals surface area contributed by atoms with Gasteiger partial charge in [0.1, 0.15) is 16.6 Å². The highest BCUT2D eigenvalue weighted by atomic mass is 35.5. The Kier molecular flexibility index (Phi) is 6.53. The van der Waals surface area contributed by atoms with E-state index in [9.17, 15) is 4.79 Å². The molecule has 0 saturated heterocycles. The van der Waals surface area contributed by atoms with Gasteiger partial charge in [0.2, 0.25) is 5.91 Å². The molecule has 1 heterocycles. The van der Waals surface area contributed by atoms with E-state index in [-0.39, 0.29) is 11.7 Å². The van der Waals surface area contributed by atoms with Crippen molar-refractivity contribution in [3.8, 4) is 5.75 Å². The summed E-state index contributed by atoms with van der Waals surface area (Å²) in [4.78, 5) is 21.7. The Balaban J connectivity index is 1.76. The molecule has 0 fully saturated rings. The summed E-state index contributed by atoms with van der Waals surface area (Å²) in [6.45, 7) is 2.09. The van der Waals surface area contributed by atoms with Gasteiger partial charge >= 0.3 is 0 Å². The van der Waals surface area contributed by atoms with E-state index < -0.39 is 0 Å². The molecular weight excluding hydrogens is 382 g/mol. The smallest absolute Gasteiger partial charge is 0.234 e. The number of nitrogens with one attached hydrogen (secondary N) is 1. The highest BCUT2D eigenvalue weighted by Gasteiger charge is 2.12. The number of carbonyl (C=O) groups excluding carboxylic acids is 1. The van der Waals surface area contributed by atoms with Crippen molar-refractivity contribution in [3.05, 3.63) is 53.3 Å². The van der Waals surface area contributed by atoms with Gasteiger partial charge in [-0.25, -0.2) is 9.97 Å². The third-order valence-corrected chi connectivity index (χ3v) is 5.09. The van der Waals surface area contributed by atoms with Crippen LogP contribution < -0.4 is 10.1 Å². The molecule has 3 rings (SSSR count). The van der Waals surface area contributed by atoms with Gasteiger partial charge in [-0.2, -0.15) is 0 Å². The van der Waals surface area contributed by atoms with Gasteiger partial charge in [0.15, 0.2) is 0 Å². The van der Waals surface area contributed by atoms with E-state index in [1.54, 1.807) is 25.3 Å². The van der Waals surface area contributed by atoms with Gasteiger partial charge in [0.25, 0.3) is 0 Å². The molecule has 140 valence electrons. The Bertz CT molecular complexity index is 965. The molecule has 3 aromatic rings. The molecule has 27 heavy (non-hydrogen) atoms. The quantitative estimate of drug-likeness (QED) is 0.447. The minimum atomic E-state index is -0.152. The first-order valence-electron chi connectivity index (χ1n) is 8.62. The number of amides is 1. The normalized spacial score (nSPS) is 10.8. The number of para-hydroxylation sites is 1. The Morgan fingerprint density at radius 3 is 2.81 bits per heavy atom. The molecule has 1 aromatic heterocycles. The Morgan fingerprint density at radius 1 is 1.22 bits per heavy atom. The molecule has 0 aliphatic heterocycles. The number of hydrogen-bond donors (Lipinski definition) is 1. The molecular formula is C20H20ClN3O2S.